The fourth-order valence-corrected chi connectivity index (χ4v) is 3.29. The first-order valence-corrected chi connectivity index (χ1v) is 8.02. The van der Waals surface area contributed by atoms with E-state index in [0.29, 0.717) is 18.2 Å². The number of ether oxygens (including phenoxy) is 2. The first kappa shape index (κ1) is 15.2. The minimum Gasteiger partial charge on any atom is -0.380 e. The molecule has 2 heterocycles. The van der Waals surface area contributed by atoms with E-state index in [0.717, 1.165) is 39.3 Å². The Morgan fingerprint density at radius 3 is 3.00 bits per heavy atom. The molecule has 0 amide bonds. The third-order valence-corrected chi connectivity index (χ3v) is 4.26. The molecule has 4 heteroatoms. The highest BCUT2D eigenvalue weighted by atomic mass is 16.5. The number of rotatable bonds is 6. The summed E-state index contributed by atoms with van der Waals surface area (Å²) in [4.78, 5) is 2.59. The van der Waals surface area contributed by atoms with Crippen molar-refractivity contribution in [1.29, 1.82) is 0 Å². The van der Waals surface area contributed by atoms with Gasteiger partial charge in [-0.15, -0.1) is 0 Å². The number of piperidine rings is 1. The van der Waals surface area contributed by atoms with E-state index in [1.165, 1.54) is 25.8 Å². The third-order valence-electron chi connectivity index (χ3n) is 4.26. The molecule has 112 valence electrons. The van der Waals surface area contributed by atoms with E-state index in [1.54, 1.807) is 0 Å². The number of nitrogens with zero attached hydrogens (tertiary/aromatic N) is 1. The van der Waals surface area contributed by atoms with Gasteiger partial charge in [0.15, 0.2) is 0 Å². The highest BCUT2D eigenvalue weighted by Gasteiger charge is 2.33. The molecule has 0 aromatic carbocycles. The molecule has 3 atom stereocenters. The zero-order valence-electron chi connectivity index (χ0n) is 12.6. The zero-order chi connectivity index (χ0) is 13.5. The molecule has 0 aromatic rings. The summed E-state index contributed by atoms with van der Waals surface area (Å²) in [5.41, 5.74) is 0. The summed E-state index contributed by atoms with van der Waals surface area (Å²) in [6.07, 6.45) is 5.23. The molecule has 2 aliphatic rings. The Morgan fingerprint density at radius 2 is 2.21 bits per heavy atom. The van der Waals surface area contributed by atoms with E-state index in [4.69, 9.17) is 9.47 Å². The number of likely N-dealkylation sites (tertiary alicyclic amines) is 1. The van der Waals surface area contributed by atoms with Gasteiger partial charge in [0.05, 0.1) is 12.7 Å². The molecule has 0 bridgehead atoms. The first-order chi connectivity index (χ1) is 9.35. The van der Waals surface area contributed by atoms with Crippen molar-refractivity contribution < 1.29 is 9.47 Å². The van der Waals surface area contributed by atoms with E-state index in [9.17, 15) is 0 Å². The molecule has 0 saturated carbocycles. The maximum Gasteiger partial charge on any atom is 0.0702 e. The maximum absolute atomic E-state index is 5.82. The van der Waals surface area contributed by atoms with Crippen molar-refractivity contribution in [3.8, 4) is 0 Å². The quantitative estimate of drug-likeness (QED) is 0.795. The Balaban J connectivity index is 1.88. The fraction of sp³-hybridized carbons (Fsp3) is 1.00. The van der Waals surface area contributed by atoms with Crippen molar-refractivity contribution in [2.24, 2.45) is 0 Å². The minimum absolute atomic E-state index is 0.424. The predicted octanol–water partition coefficient (Wildman–Crippen LogP) is 1.64. The van der Waals surface area contributed by atoms with Crippen LogP contribution in [-0.2, 0) is 9.47 Å². The van der Waals surface area contributed by atoms with Crippen LogP contribution in [0.5, 0.6) is 0 Å². The monoisotopic (exact) mass is 270 g/mol. The van der Waals surface area contributed by atoms with Crippen LogP contribution >= 0.6 is 0 Å². The van der Waals surface area contributed by atoms with Crippen molar-refractivity contribution in [3.63, 3.8) is 0 Å². The van der Waals surface area contributed by atoms with Gasteiger partial charge in [0.2, 0.25) is 0 Å². The summed E-state index contributed by atoms with van der Waals surface area (Å²) in [6.45, 7) is 10.3. The van der Waals surface area contributed by atoms with Crippen LogP contribution in [0, 0.1) is 0 Å². The molecule has 2 saturated heterocycles. The average Bonchev–Trinajstić information content (AvgIpc) is 2.46. The van der Waals surface area contributed by atoms with Crippen LogP contribution in [0.15, 0.2) is 0 Å². The van der Waals surface area contributed by atoms with Crippen molar-refractivity contribution in [3.05, 3.63) is 0 Å². The van der Waals surface area contributed by atoms with Gasteiger partial charge in [-0.25, -0.2) is 0 Å². The Kier molecular flexibility index (Phi) is 6.57. The molecule has 19 heavy (non-hydrogen) atoms. The Morgan fingerprint density at radius 1 is 1.32 bits per heavy atom. The summed E-state index contributed by atoms with van der Waals surface area (Å²) < 4.78 is 11.5. The van der Waals surface area contributed by atoms with Crippen LogP contribution in [0.2, 0.25) is 0 Å². The average molecular weight is 270 g/mol. The van der Waals surface area contributed by atoms with Gasteiger partial charge in [0.1, 0.15) is 0 Å². The molecule has 0 aromatic heterocycles. The SMILES string of the molecule is CCCNC1CCOCC1N1CCCC(OCC)C1. The van der Waals surface area contributed by atoms with E-state index in [1.807, 2.05) is 0 Å². The maximum atomic E-state index is 5.82. The third kappa shape index (κ3) is 4.42. The van der Waals surface area contributed by atoms with E-state index >= 15 is 0 Å². The Hall–Kier alpha value is -0.160. The topological polar surface area (TPSA) is 33.7 Å². The molecule has 3 unspecified atom stereocenters. The molecule has 1 N–H and O–H groups in total. The van der Waals surface area contributed by atoms with E-state index < -0.39 is 0 Å². The summed E-state index contributed by atoms with van der Waals surface area (Å²) in [7, 11) is 0. The number of hydrogen-bond acceptors (Lipinski definition) is 4. The van der Waals surface area contributed by atoms with Gasteiger partial charge in [-0.3, -0.25) is 4.90 Å². The standard InChI is InChI=1S/C15H30N2O2/c1-3-8-16-14-7-10-18-12-15(14)17-9-5-6-13(11-17)19-4-2/h13-16H,3-12H2,1-2H3. The van der Waals surface area contributed by atoms with Crippen molar-refractivity contribution in [1.82, 2.24) is 10.2 Å². The van der Waals surface area contributed by atoms with Gasteiger partial charge in [-0.2, -0.15) is 0 Å². The highest BCUT2D eigenvalue weighted by molar-refractivity contribution is 4.90. The summed E-state index contributed by atoms with van der Waals surface area (Å²) in [5, 5.41) is 3.70. The van der Waals surface area contributed by atoms with Crippen LogP contribution in [0.1, 0.15) is 39.5 Å². The lowest BCUT2D eigenvalue weighted by Crippen LogP contribution is -2.58. The number of nitrogens with one attached hydrogen (secondary N) is 1. The molecule has 4 nitrogen and oxygen atoms in total. The number of hydrogen-bond donors (Lipinski definition) is 1. The van der Waals surface area contributed by atoms with E-state index in [2.05, 4.69) is 24.1 Å². The summed E-state index contributed by atoms with van der Waals surface area (Å²) in [6, 6.07) is 1.12. The van der Waals surface area contributed by atoms with Crippen LogP contribution in [0.4, 0.5) is 0 Å². The van der Waals surface area contributed by atoms with Gasteiger partial charge in [0, 0.05) is 31.8 Å². The second-order valence-corrected chi connectivity index (χ2v) is 5.71. The predicted molar refractivity (Wildman–Crippen MR) is 77.5 cm³/mol. The Labute approximate surface area is 117 Å². The normalized spacial score (nSPS) is 33.5. The molecule has 2 rings (SSSR count). The second kappa shape index (κ2) is 8.20. The first-order valence-electron chi connectivity index (χ1n) is 8.02. The van der Waals surface area contributed by atoms with E-state index in [-0.39, 0.29) is 0 Å². The van der Waals surface area contributed by atoms with Crippen molar-refractivity contribution in [2.45, 2.75) is 57.7 Å². The van der Waals surface area contributed by atoms with Crippen LogP contribution in [-0.4, -0.2) is 62.5 Å². The molecule has 0 spiro atoms. The summed E-state index contributed by atoms with van der Waals surface area (Å²) >= 11 is 0. The van der Waals surface area contributed by atoms with Gasteiger partial charge >= 0.3 is 0 Å². The molecule has 2 aliphatic heterocycles. The molecule has 0 radical (unpaired) electrons. The zero-order valence-corrected chi connectivity index (χ0v) is 12.6. The van der Waals surface area contributed by atoms with Crippen LogP contribution in [0.3, 0.4) is 0 Å². The largest absolute Gasteiger partial charge is 0.380 e. The molecular formula is C15H30N2O2. The van der Waals surface area contributed by atoms with Gasteiger partial charge in [-0.1, -0.05) is 6.92 Å². The van der Waals surface area contributed by atoms with Crippen LogP contribution < -0.4 is 5.32 Å². The smallest absolute Gasteiger partial charge is 0.0702 e. The summed E-state index contributed by atoms with van der Waals surface area (Å²) in [5.74, 6) is 0. The fourth-order valence-electron chi connectivity index (χ4n) is 3.29. The van der Waals surface area contributed by atoms with Crippen LogP contribution in [0.25, 0.3) is 0 Å². The molecular weight excluding hydrogens is 240 g/mol. The highest BCUT2D eigenvalue weighted by Crippen LogP contribution is 2.21. The minimum atomic E-state index is 0.424. The van der Waals surface area contributed by atoms with Crippen molar-refractivity contribution >= 4 is 0 Å². The lowest BCUT2D eigenvalue weighted by atomic mass is 9.98. The molecule has 2 fully saturated rings. The lowest BCUT2D eigenvalue weighted by molar-refractivity contribution is -0.0506. The van der Waals surface area contributed by atoms with Gasteiger partial charge in [0.25, 0.3) is 0 Å². The van der Waals surface area contributed by atoms with Gasteiger partial charge < -0.3 is 14.8 Å². The molecule has 0 aliphatic carbocycles. The Bertz CT molecular complexity index is 248. The second-order valence-electron chi connectivity index (χ2n) is 5.71. The van der Waals surface area contributed by atoms with Crippen molar-refractivity contribution in [2.75, 3.05) is 39.5 Å². The van der Waals surface area contributed by atoms with Gasteiger partial charge in [-0.05, 0) is 45.7 Å². The lowest BCUT2D eigenvalue weighted by Gasteiger charge is -2.43.